The van der Waals surface area contributed by atoms with Gasteiger partial charge in [-0.1, -0.05) is 19.9 Å². The van der Waals surface area contributed by atoms with Crippen molar-refractivity contribution in [3.8, 4) is 0 Å². The number of nitrogens with one attached hydrogen (secondary N) is 1. The third-order valence-corrected chi connectivity index (χ3v) is 10.7. The fraction of sp³-hybridized carbons (Fsp3) is 0.476. The molecule has 5 aliphatic heterocycles. The number of hydrogen-bond acceptors (Lipinski definition) is 7. The van der Waals surface area contributed by atoms with E-state index in [1.807, 2.05) is 6.92 Å². The zero-order chi connectivity index (χ0) is 37.0. The molecule has 5 heterocycles. The molecule has 270 valence electrons. The zero-order valence-electron chi connectivity index (χ0n) is 32.5. The molecule has 0 saturated carbocycles. The van der Waals surface area contributed by atoms with Gasteiger partial charge in [-0.25, -0.2) is 15.0 Å². The molecule has 1 aliphatic carbocycles. The highest BCUT2D eigenvalue weighted by Crippen LogP contribution is 2.46. The highest BCUT2D eigenvalue weighted by Gasteiger charge is 2.40. The van der Waals surface area contributed by atoms with Crippen LogP contribution in [0.15, 0.2) is 119 Å². The number of esters is 1. The maximum atomic E-state index is 13.7. The van der Waals surface area contributed by atoms with Gasteiger partial charge in [-0.2, -0.15) is 0 Å². The van der Waals surface area contributed by atoms with E-state index in [0.717, 1.165) is 102 Å². The molecular weight excluding hydrogens is 637 g/mol. The number of nitrogens with zero attached hydrogens (tertiary/aromatic N) is 5. The lowest BCUT2D eigenvalue weighted by Gasteiger charge is -2.23. The molecular formula is C42H55N6O3+. The second kappa shape index (κ2) is 13.7. The Morgan fingerprint density at radius 2 is 1.67 bits per heavy atom. The predicted molar refractivity (Wildman–Crippen MR) is 205 cm³/mol. The Labute approximate surface area is 304 Å². The average molecular weight is 692 g/mol. The Balaban J connectivity index is 1.47. The van der Waals surface area contributed by atoms with Gasteiger partial charge in [0.1, 0.15) is 13.2 Å². The standard InChI is InChI=1S/C42H55N6O3/c1-12-28-24(2)33-22-37-29(14-13-17-47(6,7)8)25(3)32(44-37)21-34-26(4)30(15-16-39(50)51-19-18-48(9,10)11)41(45-34)31-20-38(49)40-27(5)35(46-42(31)40)23-36(28)43-33/h13-14,21-23,26,30H,12,15-20H2,1-11H3,(H-,43,44,45,46,49)/q+1/b14-13+/t26-,30-/m0/s1. The van der Waals surface area contributed by atoms with Crippen molar-refractivity contribution in [3.05, 3.63) is 104 Å². The molecule has 1 N–H and O–H groups in total. The summed E-state index contributed by atoms with van der Waals surface area (Å²) in [6.07, 6.45) is 12.8. The average Bonchev–Trinajstić information content (AvgIpc) is 3.78. The number of fused-ring (bicyclic) bond motifs is 5. The first-order valence-corrected chi connectivity index (χ1v) is 18.3. The SMILES string of the molecule is CCC1=C(C)C2=NC1=CC1=C(C)C3=C([O-])CC(=C4NC(=CC5=NC(=C2)C(/C=C/C[N+](C)(C)C)=C5C)[C@@H](C)[C@@H]4CCC(=O)OCC[N+](C)(C)C)C3=N1. The van der Waals surface area contributed by atoms with Gasteiger partial charge >= 0.3 is 5.97 Å². The summed E-state index contributed by atoms with van der Waals surface area (Å²) in [5, 5.41) is 17.5. The first kappa shape index (κ1) is 36.5. The third-order valence-electron chi connectivity index (χ3n) is 10.7. The molecule has 2 atom stereocenters. The molecule has 0 aromatic heterocycles. The summed E-state index contributed by atoms with van der Waals surface area (Å²) in [6.45, 7) is 12.7. The van der Waals surface area contributed by atoms with Gasteiger partial charge in [0.25, 0.3) is 0 Å². The summed E-state index contributed by atoms with van der Waals surface area (Å²) in [6, 6.07) is 0. The molecule has 6 rings (SSSR count). The number of ether oxygens (including phenoxy) is 1. The normalized spacial score (nSPS) is 23.4. The number of rotatable bonds is 10. The topological polar surface area (TPSA) is 98.5 Å². The summed E-state index contributed by atoms with van der Waals surface area (Å²) in [5.41, 5.74) is 14.2. The van der Waals surface area contributed by atoms with Crippen LogP contribution in [0.3, 0.4) is 0 Å². The van der Waals surface area contributed by atoms with Gasteiger partial charge in [0.05, 0.1) is 83.1 Å². The quantitative estimate of drug-likeness (QED) is 0.233. The summed E-state index contributed by atoms with van der Waals surface area (Å²) in [7, 11) is 12.8. The smallest absolute Gasteiger partial charge is 0.306 e. The van der Waals surface area contributed by atoms with Crippen LogP contribution in [-0.4, -0.2) is 94.1 Å². The number of quaternary nitrogens is 2. The number of allylic oxidation sites excluding steroid dienone is 12. The van der Waals surface area contributed by atoms with Crippen molar-refractivity contribution in [2.24, 2.45) is 26.8 Å². The van der Waals surface area contributed by atoms with E-state index in [-0.39, 0.29) is 30.0 Å². The summed E-state index contributed by atoms with van der Waals surface area (Å²) < 4.78 is 7.21. The molecule has 0 aromatic carbocycles. The molecule has 6 aliphatic rings. The van der Waals surface area contributed by atoms with Gasteiger partial charge in [0.15, 0.2) is 0 Å². The van der Waals surface area contributed by atoms with Crippen LogP contribution in [0.1, 0.15) is 60.3 Å². The third kappa shape index (κ3) is 7.37. The lowest BCUT2D eigenvalue weighted by Crippen LogP contribution is -2.38. The lowest BCUT2D eigenvalue weighted by atomic mass is 9.86. The zero-order valence-corrected chi connectivity index (χ0v) is 32.5. The minimum Gasteiger partial charge on any atom is -0.875 e. The molecule has 51 heavy (non-hydrogen) atoms. The van der Waals surface area contributed by atoms with Gasteiger partial charge in [-0.05, 0) is 92.2 Å². The molecule has 0 unspecified atom stereocenters. The fourth-order valence-electron chi connectivity index (χ4n) is 7.58. The van der Waals surface area contributed by atoms with Gasteiger partial charge in [0.2, 0.25) is 0 Å². The van der Waals surface area contributed by atoms with Crippen LogP contribution >= 0.6 is 0 Å². The van der Waals surface area contributed by atoms with Crippen molar-refractivity contribution in [3.63, 3.8) is 0 Å². The first-order chi connectivity index (χ1) is 24.0. The van der Waals surface area contributed by atoms with Crippen molar-refractivity contribution in [2.45, 2.75) is 60.3 Å². The van der Waals surface area contributed by atoms with E-state index in [1.165, 1.54) is 5.57 Å². The van der Waals surface area contributed by atoms with E-state index in [4.69, 9.17) is 19.7 Å². The number of carbonyl (C=O) groups is 1. The van der Waals surface area contributed by atoms with Gasteiger partial charge in [0, 0.05) is 40.8 Å². The van der Waals surface area contributed by atoms with Crippen LogP contribution in [0.2, 0.25) is 0 Å². The van der Waals surface area contributed by atoms with Crippen LogP contribution in [0, 0.1) is 11.8 Å². The number of likely N-dealkylation sites (N-methyl/N-ethyl adjacent to an activating group) is 2. The number of hydrogen-bond donors (Lipinski definition) is 1. The molecule has 1 saturated heterocycles. The Morgan fingerprint density at radius 3 is 2.35 bits per heavy atom. The Hall–Kier alpha value is -4.34. The maximum absolute atomic E-state index is 13.7. The minimum absolute atomic E-state index is 0.0190. The number of aliphatic imine (C=N–C) groups is 3. The lowest BCUT2D eigenvalue weighted by molar-refractivity contribution is -0.870. The van der Waals surface area contributed by atoms with Gasteiger partial charge in [-0.15, -0.1) is 5.76 Å². The van der Waals surface area contributed by atoms with Crippen molar-refractivity contribution in [1.82, 2.24) is 5.32 Å². The summed E-state index contributed by atoms with van der Waals surface area (Å²) in [5.74, 6) is -0.0731. The molecule has 0 radical (unpaired) electrons. The summed E-state index contributed by atoms with van der Waals surface area (Å²) in [4.78, 5) is 28.5. The van der Waals surface area contributed by atoms with E-state index < -0.39 is 0 Å². The Kier molecular flexibility index (Phi) is 9.76. The van der Waals surface area contributed by atoms with E-state index in [9.17, 15) is 9.90 Å². The van der Waals surface area contributed by atoms with E-state index in [0.29, 0.717) is 25.0 Å². The van der Waals surface area contributed by atoms with Crippen molar-refractivity contribution < 1.29 is 23.6 Å². The van der Waals surface area contributed by atoms with Crippen LogP contribution in [-0.2, 0) is 9.53 Å². The Morgan fingerprint density at radius 1 is 0.961 bits per heavy atom. The minimum atomic E-state index is -0.194. The molecule has 9 heteroatoms. The van der Waals surface area contributed by atoms with E-state index >= 15 is 0 Å². The van der Waals surface area contributed by atoms with Crippen LogP contribution in [0.5, 0.6) is 0 Å². The second-order valence-corrected chi connectivity index (χ2v) is 16.7. The summed E-state index contributed by atoms with van der Waals surface area (Å²) >= 11 is 0. The van der Waals surface area contributed by atoms with Crippen LogP contribution < -0.4 is 10.4 Å². The van der Waals surface area contributed by atoms with Crippen molar-refractivity contribution in [1.29, 1.82) is 0 Å². The van der Waals surface area contributed by atoms with E-state index in [1.54, 1.807) is 0 Å². The van der Waals surface area contributed by atoms with Crippen LogP contribution in [0.25, 0.3) is 0 Å². The molecule has 0 amide bonds. The number of carbonyl (C=O) groups excluding carboxylic acids is 1. The van der Waals surface area contributed by atoms with Gasteiger partial charge < -0.3 is 24.1 Å². The molecule has 0 aromatic rings. The van der Waals surface area contributed by atoms with Gasteiger partial charge in [-0.3, -0.25) is 4.79 Å². The van der Waals surface area contributed by atoms with Crippen LogP contribution in [0.4, 0.5) is 0 Å². The monoisotopic (exact) mass is 691 g/mol. The van der Waals surface area contributed by atoms with E-state index in [2.05, 4.69) is 106 Å². The first-order valence-electron chi connectivity index (χ1n) is 18.3. The molecule has 8 bridgehead atoms. The second-order valence-electron chi connectivity index (χ2n) is 16.7. The van der Waals surface area contributed by atoms with Crippen molar-refractivity contribution >= 4 is 23.1 Å². The molecule has 1 fully saturated rings. The largest absolute Gasteiger partial charge is 0.875 e. The maximum Gasteiger partial charge on any atom is 0.306 e. The van der Waals surface area contributed by atoms with Crippen molar-refractivity contribution in [2.75, 3.05) is 62.0 Å². The Bertz CT molecular complexity index is 1950. The highest BCUT2D eigenvalue weighted by molar-refractivity contribution is 6.21. The predicted octanol–water partition coefficient (Wildman–Crippen LogP) is 5.75. The molecule has 0 spiro atoms. The fourth-order valence-corrected chi connectivity index (χ4v) is 7.58. The molecule has 9 nitrogen and oxygen atoms in total. The highest BCUT2D eigenvalue weighted by atomic mass is 16.5.